The molecule has 7 nitrogen and oxygen atoms in total. The lowest BCUT2D eigenvalue weighted by Crippen LogP contribution is -2.41. The number of nitrogens with zero attached hydrogens (tertiary/aromatic N) is 2. The SMILES string of the molecule is Cn1nc(C(=O)NC(CCS)C(=O)O)ccc1=O. The van der Waals surface area contributed by atoms with Crippen molar-refractivity contribution in [1.29, 1.82) is 0 Å². The predicted molar refractivity (Wildman–Crippen MR) is 66.8 cm³/mol. The summed E-state index contributed by atoms with van der Waals surface area (Å²) in [5.74, 6) is -1.44. The second-order valence-corrected chi connectivity index (χ2v) is 4.00. The van der Waals surface area contributed by atoms with Gasteiger partial charge in [-0.3, -0.25) is 9.59 Å². The van der Waals surface area contributed by atoms with Crippen LogP contribution >= 0.6 is 12.6 Å². The Bertz CT molecular complexity index is 514. The van der Waals surface area contributed by atoms with Crippen LogP contribution in [0.1, 0.15) is 16.9 Å². The summed E-state index contributed by atoms with van der Waals surface area (Å²) < 4.78 is 1.00. The zero-order valence-corrected chi connectivity index (χ0v) is 10.6. The van der Waals surface area contributed by atoms with Crippen molar-refractivity contribution in [2.24, 2.45) is 7.05 Å². The fraction of sp³-hybridized carbons (Fsp3) is 0.400. The molecule has 1 aromatic heterocycles. The van der Waals surface area contributed by atoms with Gasteiger partial charge in [-0.25, -0.2) is 9.48 Å². The zero-order chi connectivity index (χ0) is 13.7. The van der Waals surface area contributed by atoms with Crippen molar-refractivity contribution in [3.63, 3.8) is 0 Å². The van der Waals surface area contributed by atoms with Gasteiger partial charge in [-0.2, -0.15) is 17.7 Å². The molecule has 8 heteroatoms. The Kier molecular flexibility index (Phi) is 4.90. The van der Waals surface area contributed by atoms with Gasteiger partial charge in [0.15, 0.2) is 0 Å². The van der Waals surface area contributed by atoms with Gasteiger partial charge >= 0.3 is 5.97 Å². The Hall–Kier alpha value is -1.83. The summed E-state index contributed by atoms with van der Waals surface area (Å²) in [7, 11) is 1.40. The fourth-order valence-electron chi connectivity index (χ4n) is 1.24. The molecule has 1 unspecified atom stereocenters. The minimum Gasteiger partial charge on any atom is -0.480 e. The summed E-state index contributed by atoms with van der Waals surface area (Å²) in [5.41, 5.74) is -0.362. The molecule has 1 aromatic rings. The highest BCUT2D eigenvalue weighted by atomic mass is 32.1. The summed E-state index contributed by atoms with van der Waals surface area (Å²) >= 11 is 3.92. The Labute approximate surface area is 108 Å². The van der Waals surface area contributed by atoms with Gasteiger partial charge in [0.2, 0.25) is 0 Å². The van der Waals surface area contributed by atoms with Gasteiger partial charge in [-0.1, -0.05) is 0 Å². The number of thiol groups is 1. The smallest absolute Gasteiger partial charge is 0.326 e. The first kappa shape index (κ1) is 14.2. The van der Waals surface area contributed by atoms with E-state index < -0.39 is 17.9 Å². The second-order valence-electron chi connectivity index (χ2n) is 3.56. The lowest BCUT2D eigenvalue weighted by molar-refractivity contribution is -0.139. The number of amides is 1. The van der Waals surface area contributed by atoms with E-state index in [0.717, 1.165) is 4.68 Å². The molecule has 18 heavy (non-hydrogen) atoms. The van der Waals surface area contributed by atoms with E-state index in [-0.39, 0.29) is 17.7 Å². The number of rotatable bonds is 5. The standard InChI is InChI=1S/C10H13N3O4S/c1-13-8(14)3-2-6(12-13)9(15)11-7(4-5-18)10(16)17/h2-3,7,18H,4-5H2,1H3,(H,11,15)(H,16,17). The van der Waals surface area contributed by atoms with Crippen molar-refractivity contribution in [3.05, 3.63) is 28.2 Å². The van der Waals surface area contributed by atoms with E-state index in [1.807, 2.05) is 0 Å². The van der Waals surface area contributed by atoms with Crippen LogP contribution in [0.4, 0.5) is 0 Å². The van der Waals surface area contributed by atoms with Crippen molar-refractivity contribution >= 4 is 24.5 Å². The molecule has 0 saturated heterocycles. The molecule has 0 saturated carbocycles. The third-order valence-electron chi connectivity index (χ3n) is 2.21. The number of aryl methyl sites for hydroxylation is 1. The molecule has 0 aromatic carbocycles. The summed E-state index contributed by atoms with van der Waals surface area (Å²) in [6, 6.07) is 1.42. The van der Waals surface area contributed by atoms with E-state index in [4.69, 9.17) is 5.11 Å². The number of aliphatic carboxylic acids is 1. The number of nitrogens with one attached hydrogen (secondary N) is 1. The van der Waals surface area contributed by atoms with Crippen LogP contribution < -0.4 is 10.9 Å². The van der Waals surface area contributed by atoms with Gasteiger partial charge in [-0.15, -0.1) is 0 Å². The number of carboxylic acid groups (broad SMARTS) is 1. The molecule has 0 aliphatic rings. The summed E-state index contributed by atoms with van der Waals surface area (Å²) in [6.45, 7) is 0. The molecule has 1 amide bonds. The number of carbonyl (C=O) groups is 2. The maximum atomic E-state index is 11.7. The highest BCUT2D eigenvalue weighted by molar-refractivity contribution is 7.80. The normalized spacial score (nSPS) is 11.9. The molecule has 0 fully saturated rings. The highest BCUT2D eigenvalue weighted by Gasteiger charge is 2.20. The minimum absolute atomic E-state index is 0.0116. The molecule has 98 valence electrons. The third-order valence-corrected chi connectivity index (χ3v) is 2.47. The first-order valence-corrected chi connectivity index (χ1v) is 5.78. The van der Waals surface area contributed by atoms with Gasteiger partial charge in [0, 0.05) is 13.1 Å². The lowest BCUT2D eigenvalue weighted by atomic mass is 10.2. The van der Waals surface area contributed by atoms with Crippen molar-refractivity contribution < 1.29 is 14.7 Å². The van der Waals surface area contributed by atoms with Crippen LogP contribution in [0.5, 0.6) is 0 Å². The molecule has 0 aliphatic carbocycles. The summed E-state index contributed by atoms with van der Waals surface area (Å²) in [5, 5.41) is 14.9. The van der Waals surface area contributed by atoms with Crippen molar-refractivity contribution in [1.82, 2.24) is 15.1 Å². The van der Waals surface area contributed by atoms with Crippen LogP contribution in [0, 0.1) is 0 Å². The zero-order valence-electron chi connectivity index (χ0n) is 9.66. The van der Waals surface area contributed by atoms with E-state index in [0.29, 0.717) is 5.75 Å². The molecule has 1 rings (SSSR count). The molecule has 2 N–H and O–H groups in total. The van der Waals surface area contributed by atoms with Gasteiger partial charge in [0.25, 0.3) is 11.5 Å². The van der Waals surface area contributed by atoms with Gasteiger partial charge in [0.05, 0.1) is 0 Å². The maximum absolute atomic E-state index is 11.7. The van der Waals surface area contributed by atoms with Gasteiger partial charge in [-0.05, 0) is 18.2 Å². The highest BCUT2D eigenvalue weighted by Crippen LogP contribution is 1.98. The largest absolute Gasteiger partial charge is 0.480 e. The third kappa shape index (κ3) is 3.59. The predicted octanol–water partition coefficient (Wildman–Crippen LogP) is -0.717. The van der Waals surface area contributed by atoms with Crippen LogP contribution in [0.3, 0.4) is 0 Å². The first-order chi connectivity index (χ1) is 8.45. The molecule has 0 aliphatic heterocycles. The number of carboxylic acids is 1. The summed E-state index contributed by atoms with van der Waals surface area (Å²) in [4.78, 5) is 33.7. The first-order valence-electron chi connectivity index (χ1n) is 5.14. The second kappa shape index (κ2) is 6.20. The van der Waals surface area contributed by atoms with E-state index in [9.17, 15) is 14.4 Å². The van der Waals surface area contributed by atoms with Gasteiger partial charge < -0.3 is 10.4 Å². The van der Waals surface area contributed by atoms with Crippen molar-refractivity contribution in [2.45, 2.75) is 12.5 Å². The Morgan fingerprint density at radius 2 is 2.22 bits per heavy atom. The quantitative estimate of drug-likeness (QED) is 0.614. The maximum Gasteiger partial charge on any atom is 0.326 e. The van der Waals surface area contributed by atoms with E-state index >= 15 is 0 Å². The van der Waals surface area contributed by atoms with E-state index in [1.165, 1.54) is 19.2 Å². The van der Waals surface area contributed by atoms with Crippen molar-refractivity contribution in [2.75, 3.05) is 5.75 Å². The Balaban J connectivity index is 2.83. The monoisotopic (exact) mass is 271 g/mol. The number of hydrogen-bond acceptors (Lipinski definition) is 5. The fourth-order valence-corrected chi connectivity index (χ4v) is 1.50. The van der Waals surface area contributed by atoms with Crippen molar-refractivity contribution in [3.8, 4) is 0 Å². The van der Waals surface area contributed by atoms with Crippen LogP contribution in [0.15, 0.2) is 16.9 Å². The van der Waals surface area contributed by atoms with Crippen LogP contribution in [0.2, 0.25) is 0 Å². The topological polar surface area (TPSA) is 101 Å². The molecule has 1 heterocycles. The van der Waals surface area contributed by atoms with Crippen LogP contribution in [-0.4, -0.2) is 38.6 Å². The number of hydrogen-bond donors (Lipinski definition) is 3. The molecule has 1 atom stereocenters. The number of aromatic nitrogens is 2. The molecular formula is C10H13N3O4S. The van der Waals surface area contributed by atoms with Gasteiger partial charge in [0.1, 0.15) is 11.7 Å². The minimum atomic E-state index is -1.14. The van der Waals surface area contributed by atoms with Crippen LogP contribution in [-0.2, 0) is 11.8 Å². The average Bonchev–Trinajstić information content (AvgIpc) is 2.31. The van der Waals surface area contributed by atoms with E-state index in [1.54, 1.807) is 0 Å². The number of carbonyl (C=O) groups excluding carboxylic acids is 1. The molecule has 0 spiro atoms. The van der Waals surface area contributed by atoms with Crippen LogP contribution in [0.25, 0.3) is 0 Å². The Morgan fingerprint density at radius 1 is 1.56 bits per heavy atom. The molecular weight excluding hydrogens is 258 g/mol. The average molecular weight is 271 g/mol. The molecule has 0 radical (unpaired) electrons. The molecule has 0 bridgehead atoms. The Morgan fingerprint density at radius 3 is 2.72 bits per heavy atom. The summed E-state index contributed by atoms with van der Waals surface area (Å²) in [6.07, 6.45) is 0.204. The lowest BCUT2D eigenvalue weighted by Gasteiger charge is -2.12. The van der Waals surface area contributed by atoms with E-state index in [2.05, 4.69) is 23.0 Å².